The Kier molecular flexibility index (Phi) is 2.59. The molecule has 0 N–H and O–H groups in total. The molecule has 1 aliphatic rings. The predicted octanol–water partition coefficient (Wildman–Crippen LogP) is 1.86. The van der Waals surface area contributed by atoms with Crippen LogP contribution in [0.4, 0.5) is 0 Å². The Hall–Kier alpha value is -1.22. The molecule has 1 heterocycles. The van der Waals surface area contributed by atoms with E-state index in [0.717, 1.165) is 18.1 Å². The highest BCUT2D eigenvalue weighted by Crippen LogP contribution is 2.23. The average molecular weight is 194 g/mol. The highest BCUT2D eigenvalue weighted by Gasteiger charge is 2.30. The molecule has 0 aliphatic carbocycles. The van der Waals surface area contributed by atoms with Gasteiger partial charge < -0.3 is 14.2 Å². The van der Waals surface area contributed by atoms with Crippen molar-refractivity contribution in [2.24, 2.45) is 0 Å². The van der Waals surface area contributed by atoms with Crippen molar-refractivity contribution in [3.05, 3.63) is 24.3 Å². The van der Waals surface area contributed by atoms with Crippen LogP contribution in [0.3, 0.4) is 0 Å². The molecule has 0 amide bonds. The maximum absolute atomic E-state index is 5.68. The van der Waals surface area contributed by atoms with Gasteiger partial charge in [-0.3, -0.25) is 0 Å². The van der Waals surface area contributed by atoms with E-state index in [2.05, 4.69) is 0 Å². The lowest BCUT2D eigenvalue weighted by molar-refractivity contribution is 0.176. The van der Waals surface area contributed by atoms with Crippen LogP contribution in [-0.4, -0.2) is 25.9 Å². The molecule has 1 saturated heterocycles. The lowest BCUT2D eigenvalue weighted by atomic mass is 10.3. The SMILES string of the molecule is COc1cccc(O[C@@H](C)[C@@H]2CO2)c1. The molecular formula is C11H14O3. The van der Waals surface area contributed by atoms with Crippen LogP contribution in [0.15, 0.2) is 24.3 Å². The first kappa shape index (κ1) is 9.34. The van der Waals surface area contributed by atoms with Gasteiger partial charge in [-0.05, 0) is 19.1 Å². The van der Waals surface area contributed by atoms with E-state index in [1.807, 2.05) is 31.2 Å². The van der Waals surface area contributed by atoms with E-state index >= 15 is 0 Å². The minimum atomic E-state index is 0.113. The molecule has 0 aromatic heterocycles. The molecule has 3 nitrogen and oxygen atoms in total. The number of methoxy groups -OCH3 is 1. The van der Waals surface area contributed by atoms with Crippen LogP contribution in [0.2, 0.25) is 0 Å². The van der Waals surface area contributed by atoms with Crippen molar-refractivity contribution in [2.45, 2.75) is 19.1 Å². The standard InChI is InChI=1S/C11H14O3/c1-8(11-7-13-11)14-10-5-3-4-9(6-10)12-2/h3-6,8,11H,7H2,1-2H3/t8-,11-/m0/s1. The zero-order valence-corrected chi connectivity index (χ0v) is 8.40. The van der Waals surface area contributed by atoms with Gasteiger partial charge >= 0.3 is 0 Å². The van der Waals surface area contributed by atoms with Crippen molar-refractivity contribution < 1.29 is 14.2 Å². The van der Waals surface area contributed by atoms with Crippen molar-refractivity contribution in [1.82, 2.24) is 0 Å². The van der Waals surface area contributed by atoms with E-state index in [1.54, 1.807) is 7.11 Å². The fraction of sp³-hybridized carbons (Fsp3) is 0.455. The molecule has 0 bridgehead atoms. The maximum atomic E-state index is 5.68. The summed E-state index contributed by atoms with van der Waals surface area (Å²) in [4.78, 5) is 0. The van der Waals surface area contributed by atoms with E-state index in [0.29, 0.717) is 0 Å². The Balaban J connectivity index is 2.00. The Bertz CT molecular complexity index is 307. The zero-order valence-electron chi connectivity index (χ0n) is 8.40. The van der Waals surface area contributed by atoms with E-state index in [9.17, 15) is 0 Å². The van der Waals surface area contributed by atoms with Crippen LogP contribution in [-0.2, 0) is 4.74 Å². The fourth-order valence-corrected chi connectivity index (χ4v) is 1.29. The van der Waals surface area contributed by atoms with Gasteiger partial charge in [0.05, 0.1) is 13.7 Å². The molecule has 3 heteroatoms. The number of epoxide rings is 1. The van der Waals surface area contributed by atoms with Crippen molar-refractivity contribution in [3.63, 3.8) is 0 Å². The zero-order chi connectivity index (χ0) is 9.97. The molecule has 1 aliphatic heterocycles. The molecule has 0 radical (unpaired) electrons. The monoisotopic (exact) mass is 194 g/mol. The second-order valence-electron chi connectivity index (χ2n) is 3.37. The third-order valence-corrected chi connectivity index (χ3v) is 2.25. The van der Waals surface area contributed by atoms with Crippen molar-refractivity contribution in [2.75, 3.05) is 13.7 Å². The van der Waals surface area contributed by atoms with Gasteiger partial charge in [-0.25, -0.2) is 0 Å². The van der Waals surface area contributed by atoms with Crippen LogP contribution in [0, 0.1) is 0 Å². The van der Waals surface area contributed by atoms with Crippen LogP contribution >= 0.6 is 0 Å². The maximum Gasteiger partial charge on any atom is 0.124 e. The number of ether oxygens (including phenoxy) is 3. The van der Waals surface area contributed by atoms with Crippen LogP contribution in [0.25, 0.3) is 0 Å². The van der Waals surface area contributed by atoms with Gasteiger partial charge in [0, 0.05) is 6.07 Å². The molecule has 0 spiro atoms. The smallest absolute Gasteiger partial charge is 0.124 e. The van der Waals surface area contributed by atoms with Gasteiger partial charge in [0.2, 0.25) is 0 Å². The topological polar surface area (TPSA) is 31.0 Å². The summed E-state index contributed by atoms with van der Waals surface area (Å²) in [6.07, 6.45) is 0.378. The normalized spacial score (nSPS) is 21.4. The molecule has 0 saturated carbocycles. The predicted molar refractivity (Wildman–Crippen MR) is 52.8 cm³/mol. The first-order valence-electron chi connectivity index (χ1n) is 4.72. The molecule has 14 heavy (non-hydrogen) atoms. The number of benzene rings is 1. The molecule has 2 atom stereocenters. The second-order valence-corrected chi connectivity index (χ2v) is 3.37. The van der Waals surface area contributed by atoms with E-state index in [4.69, 9.17) is 14.2 Å². The quantitative estimate of drug-likeness (QED) is 0.685. The summed E-state index contributed by atoms with van der Waals surface area (Å²) in [6, 6.07) is 7.60. The summed E-state index contributed by atoms with van der Waals surface area (Å²) < 4.78 is 15.9. The third-order valence-electron chi connectivity index (χ3n) is 2.25. The number of rotatable bonds is 4. The molecule has 0 unspecified atom stereocenters. The molecule has 2 rings (SSSR count). The van der Waals surface area contributed by atoms with Crippen molar-refractivity contribution in [1.29, 1.82) is 0 Å². The van der Waals surface area contributed by atoms with E-state index < -0.39 is 0 Å². The van der Waals surface area contributed by atoms with Crippen molar-refractivity contribution >= 4 is 0 Å². The number of hydrogen-bond donors (Lipinski definition) is 0. The summed E-state index contributed by atoms with van der Waals surface area (Å²) in [7, 11) is 1.65. The van der Waals surface area contributed by atoms with Gasteiger partial charge in [-0.1, -0.05) is 6.07 Å². The Labute approximate surface area is 83.6 Å². The molecular weight excluding hydrogens is 180 g/mol. The summed E-state index contributed by atoms with van der Waals surface area (Å²) in [6.45, 7) is 2.82. The highest BCUT2D eigenvalue weighted by atomic mass is 16.6. The third kappa shape index (κ3) is 2.17. The van der Waals surface area contributed by atoms with Crippen LogP contribution < -0.4 is 9.47 Å². The minimum absolute atomic E-state index is 0.113. The summed E-state index contributed by atoms with van der Waals surface area (Å²) >= 11 is 0. The van der Waals surface area contributed by atoms with Gasteiger partial charge in [0.25, 0.3) is 0 Å². The summed E-state index contributed by atoms with van der Waals surface area (Å²) in [5, 5.41) is 0. The van der Waals surface area contributed by atoms with Gasteiger partial charge in [-0.2, -0.15) is 0 Å². The second kappa shape index (κ2) is 3.88. The van der Waals surface area contributed by atoms with Gasteiger partial charge in [0.1, 0.15) is 23.7 Å². The van der Waals surface area contributed by atoms with E-state index in [1.165, 1.54) is 0 Å². The lowest BCUT2D eigenvalue weighted by Crippen LogP contribution is -2.18. The van der Waals surface area contributed by atoms with Crippen molar-refractivity contribution in [3.8, 4) is 11.5 Å². The fourth-order valence-electron chi connectivity index (χ4n) is 1.29. The van der Waals surface area contributed by atoms with Crippen LogP contribution in [0.1, 0.15) is 6.92 Å². The molecule has 76 valence electrons. The summed E-state index contributed by atoms with van der Waals surface area (Å²) in [5.41, 5.74) is 0. The Morgan fingerprint density at radius 3 is 2.79 bits per heavy atom. The highest BCUT2D eigenvalue weighted by molar-refractivity contribution is 5.33. The first-order valence-corrected chi connectivity index (χ1v) is 4.72. The minimum Gasteiger partial charge on any atom is -0.497 e. The van der Waals surface area contributed by atoms with Crippen LogP contribution in [0.5, 0.6) is 11.5 Å². The number of hydrogen-bond acceptors (Lipinski definition) is 3. The summed E-state index contributed by atoms with van der Waals surface area (Å²) in [5.74, 6) is 1.64. The largest absolute Gasteiger partial charge is 0.497 e. The van der Waals surface area contributed by atoms with E-state index in [-0.39, 0.29) is 12.2 Å². The molecule has 1 aromatic rings. The molecule has 1 aromatic carbocycles. The lowest BCUT2D eigenvalue weighted by Gasteiger charge is -2.12. The Morgan fingerprint density at radius 2 is 2.14 bits per heavy atom. The average Bonchev–Trinajstić information content (AvgIpc) is 3.01. The molecule has 1 fully saturated rings. The van der Waals surface area contributed by atoms with Gasteiger partial charge in [-0.15, -0.1) is 0 Å². The first-order chi connectivity index (χ1) is 6.79. The Morgan fingerprint density at radius 1 is 1.43 bits per heavy atom. The van der Waals surface area contributed by atoms with Gasteiger partial charge in [0.15, 0.2) is 0 Å².